The van der Waals surface area contributed by atoms with Crippen LogP contribution < -0.4 is 4.74 Å². The van der Waals surface area contributed by atoms with E-state index in [1.165, 1.54) is 4.90 Å². The van der Waals surface area contributed by atoms with Gasteiger partial charge in [-0.2, -0.15) is 0 Å². The fourth-order valence-corrected chi connectivity index (χ4v) is 4.37. The van der Waals surface area contributed by atoms with Gasteiger partial charge in [0, 0.05) is 30.3 Å². The largest absolute Gasteiger partial charge is 0.489 e. The Labute approximate surface area is 196 Å². The Morgan fingerprint density at radius 2 is 1.82 bits per heavy atom. The molecule has 8 heteroatoms. The summed E-state index contributed by atoms with van der Waals surface area (Å²) in [4.78, 5) is 25.3. The van der Waals surface area contributed by atoms with Crippen LogP contribution in [0.3, 0.4) is 0 Å². The van der Waals surface area contributed by atoms with E-state index < -0.39 is 6.09 Å². The van der Waals surface area contributed by atoms with E-state index in [0.717, 1.165) is 35.4 Å². The van der Waals surface area contributed by atoms with Crippen molar-refractivity contribution in [2.24, 2.45) is 0 Å². The van der Waals surface area contributed by atoms with Crippen molar-refractivity contribution in [2.45, 2.75) is 25.4 Å². The molecule has 1 saturated heterocycles. The number of pyridine rings is 1. The lowest BCUT2D eigenvalue weighted by Crippen LogP contribution is -2.36. The molecule has 1 amide bonds. The number of amides is 1. The number of aromatic nitrogens is 3. The number of hydrogen-bond donors (Lipinski definition) is 2. The number of fused-ring (bicyclic) bond motifs is 1. The van der Waals surface area contributed by atoms with Crippen LogP contribution in [0.1, 0.15) is 30.0 Å². The van der Waals surface area contributed by atoms with Gasteiger partial charge in [0.05, 0.1) is 5.02 Å². The van der Waals surface area contributed by atoms with Crippen molar-refractivity contribution in [2.75, 3.05) is 13.1 Å². The van der Waals surface area contributed by atoms with E-state index in [-0.39, 0.29) is 5.92 Å². The molecule has 33 heavy (non-hydrogen) atoms. The normalized spacial score (nSPS) is 14.5. The Balaban J connectivity index is 1.32. The Morgan fingerprint density at radius 1 is 1.09 bits per heavy atom. The van der Waals surface area contributed by atoms with Crippen molar-refractivity contribution in [3.63, 3.8) is 0 Å². The zero-order chi connectivity index (χ0) is 22.8. The Morgan fingerprint density at radius 3 is 2.52 bits per heavy atom. The zero-order valence-electron chi connectivity index (χ0n) is 17.9. The van der Waals surface area contributed by atoms with Gasteiger partial charge in [0.2, 0.25) is 0 Å². The third kappa shape index (κ3) is 4.64. The van der Waals surface area contributed by atoms with Gasteiger partial charge in [0.15, 0.2) is 5.65 Å². The van der Waals surface area contributed by atoms with Gasteiger partial charge in [-0.15, -0.1) is 0 Å². The number of hydrogen-bond acceptors (Lipinski definition) is 4. The van der Waals surface area contributed by atoms with Gasteiger partial charge < -0.3 is 19.7 Å². The van der Waals surface area contributed by atoms with Gasteiger partial charge in [0.1, 0.15) is 23.7 Å². The predicted octanol–water partition coefficient (Wildman–Crippen LogP) is 5.71. The molecule has 0 bridgehead atoms. The molecule has 5 rings (SSSR count). The van der Waals surface area contributed by atoms with Crippen LogP contribution in [0.25, 0.3) is 22.6 Å². The molecule has 4 aromatic rings. The number of likely N-dealkylation sites (tertiary alicyclic amines) is 1. The quantitative estimate of drug-likeness (QED) is 0.396. The number of H-pyrrole nitrogens is 1. The summed E-state index contributed by atoms with van der Waals surface area (Å²) in [6, 6.07) is 19.6. The van der Waals surface area contributed by atoms with Crippen LogP contribution in [0, 0.1) is 0 Å². The van der Waals surface area contributed by atoms with Crippen LogP contribution in [0.5, 0.6) is 5.75 Å². The third-order valence-electron chi connectivity index (χ3n) is 5.99. The number of ether oxygens (including phenoxy) is 1. The molecule has 1 aliphatic rings. The first-order valence-electron chi connectivity index (χ1n) is 10.9. The number of imidazole rings is 1. The second-order valence-electron chi connectivity index (χ2n) is 8.16. The second-order valence-corrected chi connectivity index (χ2v) is 8.56. The lowest BCUT2D eigenvalue weighted by Gasteiger charge is -2.29. The van der Waals surface area contributed by atoms with Gasteiger partial charge in [0.25, 0.3) is 0 Å². The number of rotatable bonds is 5. The summed E-state index contributed by atoms with van der Waals surface area (Å²) in [6.45, 7) is 1.49. The summed E-state index contributed by atoms with van der Waals surface area (Å²) in [5, 5.41) is 9.73. The molecule has 1 aliphatic heterocycles. The van der Waals surface area contributed by atoms with Crippen LogP contribution in [-0.4, -0.2) is 44.1 Å². The van der Waals surface area contributed by atoms with E-state index in [2.05, 4.69) is 9.97 Å². The Kier molecular flexibility index (Phi) is 5.88. The average molecular weight is 463 g/mol. The van der Waals surface area contributed by atoms with E-state index in [9.17, 15) is 4.79 Å². The SMILES string of the molecule is O=C(O)N1CCC(c2cc(Cl)c3[nH]c(-c4ccc(COc5ccccc5)cc4)nc3n2)CC1. The maximum absolute atomic E-state index is 11.2. The first-order chi connectivity index (χ1) is 16.1. The van der Waals surface area contributed by atoms with Crippen molar-refractivity contribution in [1.29, 1.82) is 0 Å². The fraction of sp³-hybridized carbons (Fsp3) is 0.240. The highest BCUT2D eigenvalue weighted by Gasteiger charge is 2.25. The first kappa shape index (κ1) is 21.3. The maximum atomic E-state index is 11.2. The van der Waals surface area contributed by atoms with Gasteiger partial charge in [-0.3, -0.25) is 0 Å². The van der Waals surface area contributed by atoms with E-state index >= 15 is 0 Å². The Hall–Kier alpha value is -3.58. The van der Waals surface area contributed by atoms with E-state index in [1.807, 2.05) is 60.7 Å². The van der Waals surface area contributed by atoms with Crippen LogP contribution in [0.15, 0.2) is 60.7 Å². The van der Waals surface area contributed by atoms with Gasteiger partial charge in [-0.05, 0) is 36.6 Å². The van der Waals surface area contributed by atoms with E-state index in [0.29, 0.717) is 41.7 Å². The monoisotopic (exact) mass is 462 g/mol. The summed E-state index contributed by atoms with van der Waals surface area (Å²) in [6.07, 6.45) is 0.583. The van der Waals surface area contributed by atoms with Crippen LogP contribution in [0.2, 0.25) is 5.02 Å². The van der Waals surface area contributed by atoms with Crippen LogP contribution in [-0.2, 0) is 6.61 Å². The predicted molar refractivity (Wildman–Crippen MR) is 127 cm³/mol. The van der Waals surface area contributed by atoms with Crippen molar-refractivity contribution in [3.05, 3.63) is 76.9 Å². The lowest BCUT2D eigenvalue weighted by molar-refractivity contribution is 0.132. The maximum Gasteiger partial charge on any atom is 0.407 e. The molecular weight excluding hydrogens is 440 g/mol. The van der Waals surface area contributed by atoms with E-state index in [4.69, 9.17) is 26.4 Å². The second kappa shape index (κ2) is 9.11. The summed E-state index contributed by atoms with van der Waals surface area (Å²) in [7, 11) is 0. The van der Waals surface area contributed by atoms with Gasteiger partial charge in [-0.1, -0.05) is 54.1 Å². The number of nitrogens with one attached hydrogen (secondary N) is 1. The molecule has 2 aromatic heterocycles. The molecular formula is C25H23ClN4O3. The zero-order valence-corrected chi connectivity index (χ0v) is 18.6. The summed E-state index contributed by atoms with van der Waals surface area (Å²) in [5.74, 6) is 1.71. The van der Waals surface area contributed by atoms with Crippen molar-refractivity contribution in [3.8, 4) is 17.1 Å². The minimum Gasteiger partial charge on any atom is -0.489 e. The van der Waals surface area contributed by atoms with Crippen molar-refractivity contribution >= 4 is 28.9 Å². The molecule has 0 aliphatic carbocycles. The molecule has 0 unspecified atom stereocenters. The molecule has 3 heterocycles. The molecule has 0 atom stereocenters. The number of piperidine rings is 1. The number of para-hydroxylation sites is 1. The highest BCUT2D eigenvalue weighted by atomic mass is 35.5. The van der Waals surface area contributed by atoms with Crippen molar-refractivity contribution in [1.82, 2.24) is 19.9 Å². The standard InChI is InChI=1S/C25H23ClN4O3/c26-20-14-21(17-10-12-30(13-11-17)25(31)32)27-24-22(20)28-23(29-24)18-8-6-16(7-9-18)15-33-19-4-2-1-3-5-19/h1-9,14,17H,10-13,15H2,(H,31,32)(H,27,28,29). The molecule has 168 valence electrons. The first-order valence-corrected chi connectivity index (χ1v) is 11.3. The highest BCUT2D eigenvalue weighted by Crippen LogP contribution is 2.32. The van der Waals surface area contributed by atoms with Crippen molar-refractivity contribution < 1.29 is 14.6 Å². The molecule has 2 aromatic carbocycles. The Bertz CT molecular complexity index is 1270. The highest BCUT2D eigenvalue weighted by molar-refractivity contribution is 6.34. The summed E-state index contributed by atoms with van der Waals surface area (Å²) < 4.78 is 5.81. The van der Waals surface area contributed by atoms with Gasteiger partial charge >= 0.3 is 6.09 Å². The van der Waals surface area contributed by atoms with Crippen LogP contribution >= 0.6 is 11.6 Å². The summed E-state index contributed by atoms with van der Waals surface area (Å²) >= 11 is 6.55. The minimum atomic E-state index is -0.871. The minimum absolute atomic E-state index is 0.173. The lowest BCUT2D eigenvalue weighted by atomic mass is 9.93. The molecule has 0 radical (unpaired) electrons. The molecule has 7 nitrogen and oxygen atoms in total. The molecule has 0 saturated carbocycles. The number of aromatic amines is 1. The molecule has 2 N–H and O–H groups in total. The summed E-state index contributed by atoms with van der Waals surface area (Å²) in [5.41, 5.74) is 4.14. The average Bonchev–Trinajstić information content (AvgIpc) is 3.29. The van der Waals surface area contributed by atoms with Crippen LogP contribution in [0.4, 0.5) is 4.79 Å². The number of halogens is 1. The van der Waals surface area contributed by atoms with Gasteiger partial charge in [-0.25, -0.2) is 14.8 Å². The topological polar surface area (TPSA) is 91.3 Å². The molecule has 0 spiro atoms. The fourth-order valence-electron chi connectivity index (χ4n) is 4.12. The third-order valence-corrected chi connectivity index (χ3v) is 6.29. The number of carboxylic acid groups (broad SMARTS) is 1. The smallest absolute Gasteiger partial charge is 0.407 e. The molecule has 1 fully saturated rings. The van der Waals surface area contributed by atoms with E-state index in [1.54, 1.807) is 0 Å². The number of nitrogens with zero attached hydrogens (tertiary/aromatic N) is 3. The number of benzene rings is 2. The number of carbonyl (C=O) groups is 1.